The highest BCUT2D eigenvalue weighted by atomic mass is 16.3. The van der Waals surface area contributed by atoms with Crippen LogP contribution in [0.1, 0.15) is 38.6 Å². The summed E-state index contributed by atoms with van der Waals surface area (Å²) in [6.45, 7) is 5.42. The molecular weight excluding hydrogens is 316 g/mol. The van der Waals surface area contributed by atoms with Crippen LogP contribution >= 0.6 is 0 Å². The first-order valence-corrected chi connectivity index (χ1v) is 8.98. The van der Waals surface area contributed by atoms with Crippen LogP contribution in [0.3, 0.4) is 0 Å². The van der Waals surface area contributed by atoms with Gasteiger partial charge >= 0.3 is 0 Å². The molecule has 1 fully saturated rings. The second-order valence-electron chi connectivity index (χ2n) is 7.51. The van der Waals surface area contributed by atoms with Crippen LogP contribution in [-0.4, -0.2) is 43.8 Å². The Hall–Kier alpha value is -2.21. The van der Waals surface area contributed by atoms with Gasteiger partial charge in [0.1, 0.15) is 0 Å². The first kappa shape index (κ1) is 16.3. The predicted molar refractivity (Wildman–Crippen MR) is 93.5 cm³/mol. The SMILES string of the molecule is CC(C)[C@H]1c2nc(-c3ccccc3)nn2CCN1C(=O)C1(CO)CC1. The van der Waals surface area contributed by atoms with Crippen molar-refractivity contribution in [3.05, 3.63) is 36.2 Å². The van der Waals surface area contributed by atoms with E-state index in [9.17, 15) is 9.90 Å². The lowest BCUT2D eigenvalue weighted by molar-refractivity contribution is -0.143. The zero-order valence-electron chi connectivity index (χ0n) is 14.7. The molecule has 6 nitrogen and oxygen atoms in total. The van der Waals surface area contributed by atoms with Gasteiger partial charge in [0.05, 0.1) is 24.6 Å². The lowest BCUT2D eigenvalue weighted by Gasteiger charge is -2.39. The molecule has 0 bridgehead atoms. The van der Waals surface area contributed by atoms with Gasteiger partial charge in [-0.15, -0.1) is 0 Å². The van der Waals surface area contributed by atoms with Crippen molar-refractivity contribution in [1.29, 1.82) is 0 Å². The highest BCUT2D eigenvalue weighted by molar-refractivity contribution is 5.86. The van der Waals surface area contributed by atoms with E-state index in [1.165, 1.54) is 0 Å². The minimum absolute atomic E-state index is 0.0604. The third-order valence-corrected chi connectivity index (χ3v) is 5.39. The molecule has 2 heterocycles. The van der Waals surface area contributed by atoms with Crippen LogP contribution in [0.2, 0.25) is 0 Å². The molecule has 2 aliphatic rings. The second-order valence-corrected chi connectivity index (χ2v) is 7.51. The third-order valence-electron chi connectivity index (χ3n) is 5.39. The van der Waals surface area contributed by atoms with Crippen LogP contribution in [0.4, 0.5) is 0 Å². The molecule has 1 aromatic carbocycles. The first-order valence-electron chi connectivity index (χ1n) is 8.98. The zero-order chi connectivity index (χ0) is 17.6. The minimum atomic E-state index is -0.544. The molecule has 1 aromatic heterocycles. The molecule has 0 spiro atoms. The molecule has 6 heteroatoms. The summed E-state index contributed by atoms with van der Waals surface area (Å²) in [7, 11) is 0. The van der Waals surface area contributed by atoms with Gasteiger partial charge in [0.2, 0.25) is 5.91 Å². The fraction of sp³-hybridized carbons (Fsp3) is 0.526. The molecule has 0 unspecified atom stereocenters. The number of amides is 1. The number of benzene rings is 1. The van der Waals surface area contributed by atoms with Gasteiger partial charge < -0.3 is 10.0 Å². The number of aromatic nitrogens is 3. The van der Waals surface area contributed by atoms with E-state index in [4.69, 9.17) is 4.98 Å². The summed E-state index contributed by atoms with van der Waals surface area (Å²) in [6, 6.07) is 9.82. The van der Waals surface area contributed by atoms with Crippen molar-refractivity contribution in [3.63, 3.8) is 0 Å². The van der Waals surface area contributed by atoms with Gasteiger partial charge in [-0.05, 0) is 18.8 Å². The Morgan fingerprint density at radius 1 is 1.28 bits per heavy atom. The molecule has 1 N–H and O–H groups in total. The van der Waals surface area contributed by atoms with Gasteiger partial charge in [-0.3, -0.25) is 4.79 Å². The van der Waals surface area contributed by atoms with E-state index in [0.29, 0.717) is 18.9 Å². The van der Waals surface area contributed by atoms with E-state index in [1.54, 1.807) is 0 Å². The number of aliphatic hydroxyl groups excluding tert-OH is 1. The van der Waals surface area contributed by atoms with Crippen molar-refractivity contribution in [1.82, 2.24) is 19.7 Å². The van der Waals surface area contributed by atoms with Crippen LogP contribution in [0.25, 0.3) is 11.4 Å². The molecule has 1 aliphatic carbocycles. The number of rotatable bonds is 4. The Bertz CT molecular complexity index is 780. The Morgan fingerprint density at radius 3 is 2.60 bits per heavy atom. The molecule has 4 rings (SSSR count). The van der Waals surface area contributed by atoms with E-state index in [-0.39, 0.29) is 24.5 Å². The second kappa shape index (κ2) is 5.95. The Morgan fingerprint density at radius 2 is 2.00 bits per heavy atom. The number of hydrogen-bond donors (Lipinski definition) is 1. The van der Waals surface area contributed by atoms with Gasteiger partial charge in [-0.25, -0.2) is 9.67 Å². The molecule has 1 amide bonds. The van der Waals surface area contributed by atoms with Crippen molar-refractivity contribution < 1.29 is 9.90 Å². The summed E-state index contributed by atoms with van der Waals surface area (Å²) in [5.74, 6) is 1.86. The number of hydrogen-bond acceptors (Lipinski definition) is 4. The van der Waals surface area contributed by atoms with Crippen molar-refractivity contribution in [2.75, 3.05) is 13.2 Å². The fourth-order valence-corrected chi connectivity index (χ4v) is 3.71. The Labute approximate surface area is 147 Å². The first-order chi connectivity index (χ1) is 12.1. The molecular formula is C19H24N4O2. The minimum Gasteiger partial charge on any atom is -0.395 e. The summed E-state index contributed by atoms with van der Waals surface area (Å²) >= 11 is 0. The zero-order valence-corrected chi connectivity index (χ0v) is 14.7. The molecule has 0 saturated heterocycles. The number of nitrogens with zero attached hydrogens (tertiary/aromatic N) is 4. The third kappa shape index (κ3) is 2.65. The Balaban J connectivity index is 1.70. The van der Waals surface area contributed by atoms with Gasteiger partial charge in [0, 0.05) is 12.1 Å². The van der Waals surface area contributed by atoms with Crippen LogP contribution in [0.15, 0.2) is 30.3 Å². The predicted octanol–water partition coefficient (Wildman–Crippen LogP) is 2.26. The van der Waals surface area contributed by atoms with Crippen LogP contribution in [0, 0.1) is 11.3 Å². The van der Waals surface area contributed by atoms with Crippen LogP contribution in [-0.2, 0) is 11.3 Å². The Kier molecular flexibility index (Phi) is 3.87. The lowest BCUT2D eigenvalue weighted by atomic mass is 9.96. The van der Waals surface area contributed by atoms with Gasteiger partial charge in [-0.1, -0.05) is 44.2 Å². The maximum Gasteiger partial charge on any atom is 0.231 e. The van der Waals surface area contributed by atoms with Crippen molar-refractivity contribution in [2.45, 2.75) is 39.3 Å². The van der Waals surface area contributed by atoms with Crippen LogP contribution in [0.5, 0.6) is 0 Å². The topological polar surface area (TPSA) is 71.2 Å². The van der Waals surface area contributed by atoms with Gasteiger partial charge in [0.25, 0.3) is 0 Å². The number of aliphatic hydroxyl groups is 1. The number of carbonyl (C=O) groups excluding carboxylic acids is 1. The summed E-state index contributed by atoms with van der Waals surface area (Å²) in [5, 5.41) is 14.3. The lowest BCUT2D eigenvalue weighted by Crippen LogP contribution is -2.48. The maximum atomic E-state index is 13.0. The van der Waals surface area contributed by atoms with Crippen LogP contribution < -0.4 is 0 Å². The average molecular weight is 340 g/mol. The highest BCUT2D eigenvalue weighted by Crippen LogP contribution is 2.48. The van der Waals surface area contributed by atoms with Gasteiger partial charge in [-0.2, -0.15) is 5.10 Å². The standard InChI is InChI=1S/C19H24N4O2/c1-13(2)15-17-20-16(14-6-4-3-5-7-14)21-23(17)11-10-22(15)18(25)19(12-24)8-9-19/h3-7,13,15,24H,8-12H2,1-2H3/t15-/m0/s1. The quantitative estimate of drug-likeness (QED) is 0.927. The summed E-state index contributed by atoms with van der Waals surface area (Å²) < 4.78 is 1.94. The molecule has 1 saturated carbocycles. The molecule has 132 valence electrons. The van der Waals surface area contributed by atoms with Gasteiger partial charge in [0.15, 0.2) is 11.6 Å². The molecule has 1 atom stereocenters. The molecule has 2 aromatic rings. The number of fused-ring (bicyclic) bond motifs is 1. The smallest absolute Gasteiger partial charge is 0.231 e. The fourth-order valence-electron chi connectivity index (χ4n) is 3.71. The van der Waals surface area contributed by atoms with E-state index < -0.39 is 5.41 Å². The van der Waals surface area contributed by atoms with E-state index in [2.05, 4.69) is 18.9 Å². The summed E-state index contributed by atoms with van der Waals surface area (Å²) in [4.78, 5) is 19.7. The number of carbonyl (C=O) groups is 1. The van der Waals surface area contributed by atoms with Crippen molar-refractivity contribution in [3.8, 4) is 11.4 Å². The van der Waals surface area contributed by atoms with E-state index in [0.717, 1.165) is 24.2 Å². The average Bonchev–Trinajstić information content (AvgIpc) is 3.32. The van der Waals surface area contributed by atoms with E-state index >= 15 is 0 Å². The van der Waals surface area contributed by atoms with E-state index in [1.807, 2.05) is 39.9 Å². The largest absolute Gasteiger partial charge is 0.395 e. The maximum absolute atomic E-state index is 13.0. The highest BCUT2D eigenvalue weighted by Gasteiger charge is 2.53. The molecule has 0 radical (unpaired) electrons. The summed E-state index contributed by atoms with van der Waals surface area (Å²) in [5.41, 5.74) is 0.441. The summed E-state index contributed by atoms with van der Waals surface area (Å²) in [6.07, 6.45) is 1.57. The molecule has 1 aliphatic heterocycles. The van der Waals surface area contributed by atoms with Crippen molar-refractivity contribution >= 4 is 5.91 Å². The molecule has 25 heavy (non-hydrogen) atoms. The monoisotopic (exact) mass is 340 g/mol. The normalized spacial score (nSPS) is 21.3. The van der Waals surface area contributed by atoms with Crippen molar-refractivity contribution in [2.24, 2.45) is 11.3 Å².